The molecule has 1 aliphatic carbocycles. The summed E-state index contributed by atoms with van der Waals surface area (Å²) in [6, 6.07) is 3.87. The molecule has 9 heteroatoms. The van der Waals surface area contributed by atoms with Gasteiger partial charge < -0.3 is 15.0 Å². The second kappa shape index (κ2) is 7.66. The summed E-state index contributed by atoms with van der Waals surface area (Å²) in [7, 11) is 0. The molecule has 0 saturated heterocycles. The maximum absolute atomic E-state index is 9.85. The highest BCUT2D eigenvalue weighted by molar-refractivity contribution is 7.14. The number of pyridine rings is 1. The average molecular weight is 422 g/mol. The predicted molar refractivity (Wildman–Crippen MR) is 116 cm³/mol. The number of nitrogens with zero attached hydrogens (tertiary/aromatic N) is 6. The molecule has 0 radical (unpaired) electrons. The molecule has 1 aliphatic rings. The summed E-state index contributed by atoms with van der Waals surface area (Å²) >= 11 is 1.54. The van der Waals surface area contributed by atoms with E-state index < -0.39 is 0 Å². The topological polar surface area (TPSA) is 93.7 Å². The molecule has 0 amide bonds. The van der Waals surface area contributed by atoms with Gasteiger partial charge in [0.25, 0.3) is 0 Å². The van der Waals surface area contributed by atoms with Crippen molar-refractivity contribution in [3.63, 3.8) is 0 Å². The van der Waals surface area contributed by atoms with E-state index in [1.807, 2.05) is 39.9 Å². The summed E-state index contributed by atoms with van der Waals surface area (Å²) in [5.41, 5.74) is 6.36. The lowest BCUT2D eigenvalue weighted by Crippen LogP contribution is -2.05. The minimum atomic E-state index is -0.155. The van der Waals surface area contributed by atoms with Gasteiger partial charge in [0.2, 0.25) is 0 Å². The Labute approximate surface area is 178 Å². The molecule has 0 atom stereocenters. The van der Waals surface area contributed by atoms with E-state index in [1.165, 1.54) is 11.3 Å². The molecule has 154 valence electrons. The summed E-state index contributed by atoms with van der Waals surface area (Å²) in [5.74, 6) is 1.06. The number of hydrogen-bond acceptors (Lipinski definition) is 7. The van der Waals surface area contributed by atoms with Crippen LogP contribution >= 0.6 is 11.3 Å². The van der Waals surface area contributed by atoms with Crippen molar-refractivity contribution in [1.82, 2.24) is 29.3 Å². The van der Waals surface area contributed by atoms with Crippen LogP contribution < -0.4 is 5.32 Å². The molecule has 2 N–H and O–H groups in total. The third-order valence-corrected chi connectivity index (χ3v) is 6.11. The Morgan fingerprint density at radius 3 is 2.87 bits per heavy atom. The number of nitrogens with one attached hydrogen (secondary N) is 1. The fourth-order valence-electron chi connectivity index (χ4n) is 3.90. The lowest BCUT2D eigenvalue weighted by atomic mass is 10.2. The Morgan fingerprint density at radius 2 is 2.10 bits per heavy atom. The summed E-state index contributed by atoms with van der Waals surface area (Å²) in [4.78, 5) is 13.6. The van der Waals surface area contributed by atoms with Crippen LogP contribution in [-0.2, 0) is 26.0 Å². The Kier molecular flexibility index (Phi) is 4.84. The number of anilines is 2. The first-order valence-electron chi connectivity index (χ1n) is 10.1. The summed E-state index contributed by atoms with van der Waals surface area (Å²) in [6.07, 6.45) is 6.92. The molecule has 4 heterocycles. The standard InChI is InChI=1S/C21H23N7OS/c1-3-28-20(14-5-4-6-15(14)26-28)25-21-24-18(11-30-21)16-7-8-19(17(10-29)23-16)27-9-13(2)22-12-27/h7-9,11-12,29H,3-6,10H2,1-2H3,(H,24,25). The van der Waals surface area contributed by atoms with Crippen molar-refractivity contribution in [1.29, 1.82) is 0 Å². The van der Waals surface area contributed by atoms with E-state index in [0.29, 0.717) is 5.69 Å². The van der Waals surface area contributed by atoms with Crippen LogP contribution in [0.15, 0.2) is 30.0 Å². The lowest BCUT2D eigenvalue weighted by molar-refractivity contribution is 0.276. The van der Waals surface area contributed by atoms with Crippen molar-refractivity contribution >= 4 is 22.3 Å². The first-order valence-corrected chi connectivity index (χ1v) is 11.0. The van der Waals surface area contributed by atoms with Crippen molar-refractivity contribution in [2.45, 2.75) is 46.3 Å². The van der Waals surface area contributed by atoms with E-state index in [0.717, 1.165) is 59.5 Å². The van der Waals surface area contributed by atoms with Gasteiger partial charge in [-0.05, 0) is 45.2 Å². The first kappa shape index (κ1) is 19.0. The number of fused-ring (bicyclic) bond motifs is 1. The van der Waals surface area contributed by atoms with Gasteiger partial charge in [0.05, 0.1) is 41.4 Å². The van der Waals surface area contributed by atoms with Gasteiger partial charge in [-0.1, -0.05) is 0 Å². The van der Waals surface area contributed by atoms with E-state index in [2.05, 4.69) is 22.2 Å². The SMILES string of the molecule is CCn1nc2c(c1Nc1nc(-c3ccc(-n4cnc(C)c4)c(CO)n3)cs1)CCC2. The molecule has 0 aliphatic heterocycles. The van der Waals surface area contributed by atoms with Crippen LogP contribution in [0.5, 0.6) is 0 Å². The van der Waals surface area contributed by atoms with Gasteiger partial charge in [-0.25, -0.2) is 19.6 Å². The normalized spacial score (nSPS) is 13.0. The lowest BCUT2D eigenvalue weighted by Gasteiger charge is -2.09. The zero-order valence-electron chi connectivity index (χ0n) is 17.0. The zero-order valence-corrected chi connectivity index (χ0v) is 17.8. The van der Waals surface area contributed by atoms with Crippen LogP contribution in [0.1, 0.15) is 36.0 Å². The third kappa shape index (κ3) is 3.29. The Balaban J connectivity index is 1.43. The molecular formula is C21H23N7OS. The summed E-state index contributed by atoms with van der Waals surface area (Å²) in [5, 5.41) is 20.8. The Bertz CT molecular complexity index is 1210. The van der Waals surface area contributed by atoms with Crippen LogP contribution in [0.25, 0.3) is 17.1 Å². The third-order valence-electron chi connectivity index (χ3n) is 5.36. The quantitative estimate of drug-likeness (QED) is 0.494. The molecule has 0 aromatic carbocycles. The second-order valence-corrected chi connectivity index (χ2v) is 8.21. The molecule has 0 unspecified atom stereocenters. The molecule has 4 aromatic heterocycles. The molecule has 5 rings (SSSR count). The minimum absolute atomic E-state index is 0.155. The highest BCUT2D eigenvalue weighted by atomic mass is 32.1. The predicted octanol–water partition coefficient (Wildman–Crippen LogP) is 3.64. The van der Waals surface area contributed by atoms with Crippen molar-refractivity contribution in [2.24, 2.45) is 0 Å². The van der Waals surface area contributed by atoms with Gasteiger partial charge in [-0.2, -0.15) is 5.10 Å². The van der Waals surface area contributed by atoms with Crippen LogP contribution in [0.3, 0.4) is 0 Å². The molecule has 0 spiro atoms. The number of thiazole rings is 1. The van der Waals surface area contributed by atoms with Gasteiger partial charge in [0.15, 0.2) is 5.13 Å². The van der Waals surface area contributed by atoms with Crippen molar-refractivity contribution in [3.05, 3.63) is 52.7 Å². The number of aromatic nitrogens is 6. The zero-order chi connectivity index (χ0) is 20.7. The Morgan fingerprint density at radius 1 is 1.20 bits per heavy atom. The fourth-order valence-corrected chi connectivity index (χ4v) is 4.61. The van der Waals surface area contributed by atoms with E-state index in [9.17, 15) is 5.11 Å². The number of aliphatic hydroxyl groups is 1. The van der Waals surface area contributed by atoms with E-state index in [4.69, 9.17) is 10.1 Å². The molecule has 8 nitrogen and oxygen atoms in total. The average Bonchev–Trinajstić information content (AvgIpc) is 3.53. The number of aryl methyl sites for hydroxylation is 3. The number of rotatable bonds is 6. The first-order chi connectivity index (χ1) is 14.7. The van der Waals surface area contributed by atoms with Crippen LogP contribution in [0, 0.1) is 6.92 Å². The molecular weight excluding hydrogens is 398 g/mol. The maximum atomic E-state index is 9.85. The van der Waals surface area contributed by atoms with Gasteiger partial charge in [0, 0.05) is 23.7 Å². The number of imidazole rings is 1. The number of aliphatic hydroxyl groups excluding tert-OH is 1. The van der Waals surface area contributed by atoms with Crippen LogP contribution in [0.4, 0.5) is 10.9 Å². The molecule has 0 saturated carbocycles. The molecule has 30 heavy (non-hydrogen) atoms. The fraction of sp³-hybridized carbons (Fsp3) is 0.333. The van der Waals surface area contributed by atoms with Crippen molar-refractivity contribution < 1.29 is 5.11 Å². The molecule has 0 fully saturated rings. The largest absolute Gasteiger partial charge is 0.390 e. The maximum Gasteiger partial charge on any atom is 0.188 e. The summed E-state index contributed by atoms with van der Waals surface area (Å²) in [6.45, 7) is 4.70. The van der Waals surface area contributed by atoms with Crippen molar-refractivity contribution in [3.8, 4) is 17.1 Å². The van der Waals surface area contributed by atoms with Gasteiger partial charge in [-0.3, -0.25) is 0 Å². The second-order valence-electron chi connectivity index (χ2n) is 7.35. The highest BCUT2D eigenvalue weighted by Crippen LogP contribution is 2.33. The van der Waals surface area contributed by atoms with E-state index >= 15 is 0 Å². The van der Waals surface area contributed by atoms with Gasteiger partial charge in [-0.15, -0.1) is 11.3 Å². The van der Waals surface area contributed by atoms with Gasteiger partial charge >= 0.3 is 0 Å². The molecule has 4 aromatic rings. The van der Waals surface area contributed by atoms with Crippen LogP contribution in [-0.4, -0.2) is 34.4 Å². The van der Waals surface area contributed by atoms with Crippen LogP contribution in [0.2, 0.25) is 0 Å². The monoisotopic (exact) mass is 421 g/mol. The Hall–Kier alpha value is -3.04. The summed E-state index contributed by atoms with van der Waals surface area (Å²) < 4.78 is 3.90. The molecule has 0 bridgehead atoms. The number of hydrogen-bond donors (Lipinski definition) is 2. The van der Waals surface area contributed by atoms with Crippen molar-refractivity contribution in [2.75, 3.05) is 5.32 Å². The van der Waals surface area contributed by atoms with E-state index in [-0.39, 0.29) is 6.61 Å². The smallest absolute Gasteiger partial charge is 0.188 e. The minimum Gasteiger partial charge on any atom is -0.390 e. The van der Waals surface area contributed by atoms with E-state index in [1.54, 1.807) is 17.7 Å². The van der Waals surface area contributed by atoms with Gasteiger partial charge in [0.1, 0.15) is 11.5 Å². The highest BCUT2D eigenvalue weighted by Gasteiger charge is 2.22.